The number of aromatic nitrogens is 1. The number of carbonyl (C=O) groups excluding carboxylic acids is 1. The smallest absolute Gasteiger partial charge is 0.343 e. The Labute approximate surface area is 159 Å². The van der Waals surface area contributed by atoms with Crippen LogP contribution in [0.15, 0.2) is 47.5 Å². The Morgan fingerprint density at radius 2 is 1.96 bits per heavy atom. The van der Waals surface area contributed by atoms with Crippen LogP contribution in [0.1, 0.15) is 37.0 Å². The van der Waals surface area contributed by atoms with E-state index in [0.717, 1.165) is 25.9 Å². The van der Waals surface area contributed by atoms with E-state index < -0.39 is 11.4 Å². The van der Waals surface area contributed by atoms with Gasteiger partial charge in [0.05, 0.1) is 12.8 Å². The highest BCUT2D eigenvalue weighted by Gasteiger charge is 2.24. The molecule has 1 atom stereocenters. The molecule has 6 heteroatoms. The summed E-state index contributed by atoms with van der Waals surface area (Å²) in [5, 5.41) is 0. The third-order valence-corrected chi connectivity index (χ3v) is 4.84. The Balaban J connectivity index is 1.94. The molecule has 6 nitrogen and oxygen atoms in total. The van der Waals surface area contributed by atoms with Crippen LogP contribution in [0.5, 0.6) is 11.5 Å². The van der Waals surface area contributed by atoms with Crippen LogP contribution in [0.2, 0.25) is 0 Å². The normalized spacial score (nSPS) is 17.0. The molecule has 27 heavy (non-hydrogen) atoms. The second-order valence-corrected chi connectivity index (χ2v) is 6.62. The minimum absolute atomic E-state index is 0.00586. The number of pyridine rings is 1. The van der Waals surface area contributed by atoms with E-state index in [9.17, 15) is 9.59 Å². The fourth-order valence-electron chi connectivity index (χ4n) is 3.51. The van der Waals surface area contributed by atoms with E-state index in [-0.39, 0.29) is 17.9 Å². The molecule has 144 valence electrons. The summed E-state index contributed by atoms with van der Waals surface area (Å²) in [6.45, 7) is 6.86. The van der Waals surface area contributed by atoms with E-state index in [2.05, 4.69) is 11.8 Å². The molecule has 0 N–H and O–H groups in total. The zero-order valence-electron chi connectivity index (χ0n) is 15.9. The van der Waals surface area contributed by atoms with Gasteiger partial charge in [-0.2, -0.15) is 0 Å². The molecular formula is C21H26N2O4. The minimum atomic E-state index is -0.617. The minimum Gasteiger partial charge on any atom is -0.462 e. The summed E-state index contributed by atoms with van der Waals surface area (Å²) in [6, 6.07) is 9.48. The molecule has 1 aliphatic rings. The standard InChI is InChI=1S/C21H26N2O4/c1-3-23-12-8-9-16(23)13-22-14-18(21(25)26-4-2)20(24)19(15-22)27-17-10-6-5-7-11-17/h5-7,10-11,14-16H,3-4,8-9,12-13H2,1-2H3/t16-/m1/s1. The van der Waals surface area contributed by atoms with Crippen LogP contribution in [0.25, 0.3) is 0 Å². The summed E-state index contributed by atoms with van der Waals surface area (Å²) >= 11 is 0. The van der Waals surface area contributed by atoms with Crippen LogP contribution >= 0.6 is 0 Å². The average molecular weight is 370 g/mol. The summed E-state index contributed by atoms with van der Waals surface area (Å²) in [6.07, 6.45) is 5.54. The highest BCUT2D eigenvalue weighted by atomic mass is 16.5. The van der Waals surface area contributed by atoms with Crippen molar-refractivity contribution >= 4 is 5.97 Å². The molecule has 0 amide bonds. The molecular weight excluding hydrogens is 344 g/mol. The Bertz CT molecular complexity index is 832. The zero-order valence-corrected chi connectivity index (χ0v) is 15.9. The lowest BCUT2D eigenvalue weighted by Crippen LogP contribution is -2.33. The number of hydrogen-bond donors (Lipinski definition) is 0. The molecule has 0 unspecified atom stereocenters. The predicted octanol–water partition coefficient (Wildman–Crippen LogP) is 3.30. The van der Waals surface area contributed by atoms with Crippen molar-refractivity contribution < 1.29 is 14.3 Å². The van der Waals surface area contributed by atoms with Gasteiger partial charge in [0.2, 0.25) is 5.43 Å². The van der Waals surface area contributed by atoms with Gasteiger partial charge < -0.3 is 14.0 Å². The fourth-order valence-corrected chi connectivity index (χ4v) is 3.51. The molecule has 2 aromatic rings. The summed E-state index contributed by atoms with van der Waals surface area (Å²) < 4.78 is 12.7. The van der Waals surface area contributed by atoms with E-state index in [4.69, 9.17) is 9.47 Å². The van der Waals surface area contributed by atoms with Gasteiger partial charge in [0.25, 0.3) is 0 Å². The lowest BCUT2D eigenvalue weighted by Gasteiger charge is -2.24. The van der Waals surface area contributed by atoms with Crippen molar-refractivity contribution in [2.24, 2.45) is 0 Å². The van der Waals surface area contributed by atoms with Crippen LogP contribution in [-0.4, -0.2) is 41.2 Å². The summed E-state index contributed by atoms with van der Waals surface area (Å²) in [7, 11) is 0. The van der Waals surface area contributed by atoms with Crippen molar-refractivity contribution in [1.29, 1.82) is 0 Å². The van der Waals surface area contributed by atoms with Crippen LogP contribution in [0, 0.1) is 0 Å². The quantitative estimate of drug-likeness (QED) is 0.700. The van der Waals surface area contributed by atoms with Gasteiger partial charge in [-0.25, -0.2) is 4.79 Å². The van der Waals surface area contributed by atoms with Gasteiger partial charge in [0.1, 0.15) is 11.3 Å². The molecule has 0 aliphatic carbocycles. The Morgan fingerprint density at radius 1 is 1.19 bits per heavy atom. The van der Waals surface area contributed by atoms with Crippen LogP contribution in [0.4, 0.5) is 0 Å². The van der Waals surface area contributed by atoms with Gasteiger partial charge in [-0.15, -0.1) is 0 Å². The van der Waals surface area contributed by atoms with Gasteiger partial charge in [0, 0.05) is 18.8 Å². The van der Waals surface area contributed by atoms with Crippen molar-refractivity contribution in [3.63, 3.8) is 0 Å². The summed E-state index contributed by atoms with van der Waals surface area (Å²) in [5.41, 5.74) is -0.446. The first-order chi connectivity index (χ1) is 13.1. The van der Waals surface area contributed by atoms with E-state index in [1.54, 1.807) is 31.5 Å². The molecule has 0 radical (unpaired) electrons. The monoisotopic (exact) mass is 370 g/mol. The molecule has 1 saturated heterocycles. The third-order valence-electron chi connectivity index (χ3n) is 4.84. The Morgan fingerprint density at radius 3 is 2.67 bits per heavy atom. The Kier molecular flexibility index (Phi) is 6.29. The van der Waals surface area contributed by atoms with E-state index in [0.29, 0.717) is 18.3 Å². The number of hydrogen-bond acceptors (Lipinski definition) is 5. The number of rotatable bonds is 7. The Hall–Kier alpha value is -2.60. The lowest BCUT2D eigenvalue weighted by molar-refractivity contribution is 0.0523. The van der Waals surface area contributed by atoms with Crippen molar-refractivity contribution in [3.8, 4) is 11.5 Å². The first-order valence-electron chi connectivity index (χ1n) is 9.50. The van der Waals surface area contributed by atoms with Crippen molar-refractivity contribution in [1.82, 2.24) is 9.47 Å². The van der Waals surface area contributed by atoms with Crippen molar-refractivity contribution in [2.75, 3.05) is 19.7 Å². The van der Waals surface area contributed by atoms with E-state index >= 15 is 0 Å². The zero-order chi connectivity index (χ0) is 19.2. The van der Waals surface area contributed by atoms with Gasteiger partial charge in [-0.3, -0.25) is 9.69 Å². The number of nitrogens with zero attached hydrogens (tertiary/aromatic N) is 2. The first-order valence-corrected chi connectivity index (χ1v) is 9.50. The van der Waals surface area contributed by atoms with E-state index in [1.807, 2.05) is 22.8 Å². The molecule has 1 aromatic carbocycles. The second-order valence-electron chi connectivity index (χ2n) is 6.62. The molecule has 1 aromatic heterocycles. The van der Waals surface area contributed by atoms with Crippen LogP contribution in [0.3, 0.4) is 0 Å². The van der Waals surface area contributed by atoms with Gasteiger partial charge >= 0.3 is 5.97 Å². The molecule has 0 spiro atoms. The highest BCUT2D eigenvalue weighted by Crippen LogP contribution is 2.21. The number of esters is 1. The molecule has 0 saturated carbocycles. The largest absolute Gasteiger partial charge is 0.462 e. The molecule has 0 bridgehead atoms. The maximum Gasteiger partial charge on any atom is 0.343 e. The number of para-hydroxylation sites is 1. The fraction of sp³-hybridized carbons (Fsp3) is 0.429. The van der Waals surface area contributed by atoms with Crippen molar-refractivity contribution in [3.05, 3.63) is 58.5 Å². The SMILES string of the molecule is CCOC(=O)c1cn(C[C@H]2CCCN2CC)cc(Oc2ccccc2)c1=O. The lowest BCUT2D eigenvalue weighted by atomic mass is 10.2. The topological polar surface area (TPSA) is 60.8 Å². The molecule has 1 fully saturated rings. The molecule has 1 aliphatic heterocycles. The average Bonchev–Trinajstić information content (AvgIpc) is 3.12. The maximum absolute atomic E-state index is 12.7. The van der Waals surface area contributed by atoms with Crippen LogP contribution in [-0.2, 0) is 11.3 Å². The van der Waals surface area contributed by atoms with Gasteiger partial charge in [0.15, 0.2) is 5.75 Å². The maximum atomic E-state index is 12.7. The number of benzene rings is 1. The second kappa shape index (κ2) is 8.86. The first kappa shape index (κ1) is 19.2. The highest BCUT2D eigenvalue weighted by molar-refractivity contribution is 5.89. The predicted molar refractivity (Wildman–Crippen MR) is 103 cm³/mol. The molecule has 3 rings (SSSR count). The van der Waals surface area contributed by atoms with E-state index in [1.165, 1.54) is 0 Å². The van der Waals surface area contributed by atoms with Gasteiger partial charge in [-0.05, 0) is 45.0 Å². The molecule has 2 heterocycles. The summed E-state index contributed by atoms with van der Waals surface area (Å²) in [5.74, 6) is 0.0690. The van der Waals surface area contributed by atoms with Crippen molar-refractivity contribution in [2.45, 2.75) is 39.3 Å². The number of carbonyl (C=O) groups is 1. The number of likely N-dealkylation sites (tertiary alicyclic amines) is 1. The number of likely N-dealkylation sites (N-methyl/N-ethyl adjacent to an activating group) is 1. The number of ether oxygens (including phenoxy) is 2. The van der Waals surface area contributed by atoms with Gasteiger partial charge in [-0.1, -0.05) is 25.1 Å². The third kappa shape index (κ3) is 4.57. The van der Waals surface area contributed by atoms with Crippen LogP contribution < -0.4 is 10.2 Å². The summed E-state index contributed by atoms with van der Waals surface area (Å²) in [4.78, 5) is 27.4.